The molecule has 0 spiro atoms. The number of H-pyrrole nitrogens is 2. The number of benzene rings is 2. The van der Waals surface area contributed by atoms with Gasteiger partial charge in [0.05, 0.1) is 12.9 Å². The van der Waals surface area contributed by atoms with Crippen molar-refractivity contribution in [1.82, 2.24) is 46.9 Å². The molecule has 73 heavy (non-hydrogen) atoms. The molecule has 16 N–H and O–H groups in total. The molecule has 0 fully saturated rings. The summed E-state index contributed by atoms with van der Waals surface area (Å²) in [5, 5.41) is 35.1. The van der Waals surface area contributed by atoms with Crippen molar-refractivity contribution in [2.45, 2.75) is 120 Å². The fraction of sp³-hybridized carbons (Fsp3) is 0.440. The zero-order chi connectivity index (χ0) is 53.0. The minimum absolute atomic E-state index is 0.000346. The number of aliphatic carboxylic acids is 1. The van der Waals surface area contributed by atoms with Crippen LogP contribution in [0.25, 0.3) is 10.9 Å². The van der Waals surface area contributed by atoms with Gasteiger partial charge in [0.15, 0.2) is 5.96 Å². The third kappa shape index (κ3) is 21.4. The van der Waals surface area contributed by atoms with Gasteiger partial charge < -0.3 is 69.3 Å². The highest BCUT2D eigenvalue weighted by molar-refractivity contribution is 5.98. The summed E-state index contributed by atoms with van der Waals surface area (Å²) in [6, 6.07) is 9.68. The van der Waals surface area contributed by atoms with Gasteiger partial charge in [-0.25, -0.2) is 4.98 Å². The molecule has 0 aliphatic carbocycles. The minimum atomic E-state index is -1.41. The second-order valence-corrected chi connectivity index (χ2v) is 17.4. The summed E-state index contributed by atoms with van der Waals surface area (Å²) < 4.78 is 0. The van der Waals surface area contributed by atoms with E-state index in [1.165, 1.54) is 18.6 Å². The van der Waals surface area contributed by atoms with Crippen LogP contribution in [-0.4, -0.2) is 128 Å². The highest BCUT2D eigenvalue weighted by Gasteiger charge is 2.33. The van der Waals surface area contributed by atoms with Gasteiger partial charge in [0.1, 0.15) is 30.2 Å². The van der Waals surface area contributed by atoms with Crippen LogP contribution in [0.2, 0.25) is 0 Å². The number of carboxylic acid groups (broad SMARTS) is 1. The molecular weight excluding hydrogens is 943 g/mol. The van der Waals surface area contributed by atoms with Crippen molar-refractivity contribution < 1.29 is 48.6 Å². The van der Waals surface area contributed by atoms with Gasteiger partial charge in [-0.3, -0.25) is 43.3 Å². The number of para-hydroxylation sites is 1. The van der Waals surface area contributed by atoms with Crippen LogP contribution in [0.1, 0.15) is 87.4 Å². The average molecular weight is 1010 g/mol. The number of aromatic amines is 2. The van der Waals surface area contributed by atoms with Gasteiger partial charge in [0, 0.05) is 61.4 Å². The molecule has 2 heterocycles. The van der Waals surface area contributed by atoms with Crippen molar-refractivity contribution in [3.8, 4) is 0 Å². The third-order valence-corrected chi connectivity index (χ3v) is 11.6. The van der Waals surface area contributed by atoms with Crippen molar-refractivity contribution in [1.29, 1.82) is 0 Å². The van der Waals surface area contributed by atoms with Crippen LogP contribution in [0, 0.1) is 0 Å². The molecule has 0 aliphatic rings. The maximum Gasteiger partial charge on any atom is 0.303 e. The number of hydrogen-bond acceptors (Lipinski definition) is 11. The zero-order valence-electron chi connectivity index (χ0n) is 40.8. The molecule has 0 aliphatic heterocycles. The Balaban J connectivity index is 1.60. The quantitative estimate of drug-likeness (QED) is 0.0128. The first-order chi connectivity index (χ1) is 35.1. The summed E-state index contributed by atoms with van der Waals surface area (Å²) in [7, 11) is 0. The van der Waals surface area contributed by atoms with E-state index in [4.69, 9.17) is 22.3 Å². The molecule has 0 saturated carbocycles. The monoisotopic (exact) mass is 1010 g/mol. The predicted octanol–water partition coefficient (Wildman–Crippen LogP) is 0.142. The summed E-state index contributed by atoms with van der Waals surface area (Å²) in [6.45, 7) is -0.307. The Morgan fingerprint density at radius 3 is 1.95 bits per heavy atom. The Kier molecular flexibility index (Phi) is 24.7. The minimum Gasteiger partial charge on any atom is -0.481 e. The number of aliphatic imine (C=N–C) groups is 1. The lowest BCUT2D eigenvalue weighted by Crippen LogP contribution is -2.59. The van der Waals surface area contributed by atoms with Crippen molar-refractivity contribution >= 4 is 64.2 Å². The van der Waals surface area contributed by atoms with E-state index in [0.29, 0.717) is 17.7 Å². The normalized spacial score (nSPS) is 13.2. The number of nitrogens with one attached hydrogen (secondary N) is 8. The van der Waals surface area contributed by atoms with E-state index in [1.807, 2.05) is 42.5 Å². The van der Waals surface area contributed by atoms with Gasteiger partial charge in [-0.1, -0.05) is 73.9 Å². The Labute approximate surface area is 422 Å². The number of carbonyl (C=O) groups is 8. The molecular formula is C50H69N13O10. The van der Waals surface area contributed by atoms with Crippen molar-refractivity contribution in [2.75, 3.05) is 19.7 Å². The SMILES string of the molecule is NC(=O)CNC(=O)[C@H](Cc1c[nH]c2ccccc12)NC(=O)[C@H](CCCN=C(N)N)NC(=O)[C@@H](CCc1ccccc1)NC(=O)[C@H](Cc1cnc[nH]1)NC(=O)[C@H](CCC(=O)O)NC(=O)/C=C/CCCCCCCO. The van der Waals surface area contributed by atoms with E-state index in [1.54, 1.807) is 24.4 Å². The number of amides is 7. The van der Waals surface area contributed by atoms with Gasteiger partial charge in [0.25, 0.3) is 0 Å². The van der Waals surface area contributed by atoms with Gasteiger partial charge in [-0.15, -0.1) is 0 Å². The second kappa shape index (κ2) is 31.3. The van der Waals surface area contributed by atoms with Crippen molar-refractivity contribution in [3.63, 3.8) is 0 Å². The first kappa shape index (κ1) is 57.5. The van der Waals surface area contributed by atoms with Crippen molar-refractivity contribution in [3.05, 3.63) is 102 Å². The number of allylic oxidation sites excluding steroid dienone is 1. The molecule has 2 aromatic heterocycles. The number of fused-ring (bicyclic) bond motifs is 1. The van der Waals surface area contributed by atoms with Crippen LogP contribution in [-0.2, 0) is 57.6 Å². The van der Waals surface area contributed by atoms with E-state index in [9.17, 15) is 43.5 Å². The Bertz CT molecular complexity index is 2470. The molecule has 0 radical (unpaired) electrons. The number of imidazole rings is 1. The molecule has 0 bridgehead atoms. The number of primary amides is 1. The number of carboxylic acids is 1. The lowest BCUT2D eigenvalue weighted by molar-refractivity contribution is -0.138. The molecule has 0 unspecified atom stereocenters. The van der Waals surface area contributed by atoms with Crippen LogP contribution in [0.4, 0.5) is 0 Å². The Morgan fingerprint density at radius 1 is 0.671 bits per heavy atom. The summed E-state index contributed by atoms with van der Waals surface area (Å²) in [6.07, 6.45) is 11.6. The number of rotatable bonds is 34. The Morgan fingerprint density at radius 2 is 1.29 bits per heavy atom. The smallest absolute Gasteiger partial charge is 0.303 e. The fourth-order valence-electron chi connectivity index (χ4n) is 7.79. The maximum atomic E-state index is 14.6. The largest absolute Gasteiger partial charge is 0.481 e. The zero-order valence-corrected chi connectivity index (χ0v) is 40.8. The first-order valence-corrected chi connectivity index (χ1v) is 24.3. The number of aromatic nitrogens is 3. The summed E-state index contributed by atoms with van der Waals surface area (Å²) in [5.41, 5.74) is 19.1. The lowest BCUT2D eigenvalue weighted by Gasteiger charge is -2.27. The highest BCUT2D eigenvalue weighted by Crippen LogP contribution is 2.20. The van der Waals surface area contributed by atoms with Crippen LogP contribution in [0.5, 0.6) is 0 Å². The van der Waals surface area contributed by atoms with Crippen LogP contribution in [0.3, 0.4) is 0 Å². The van der Waals surface area contributed by atoms with Gasteiger partial charge in [0.2, 0.25) is 41.4 Å². The first-order valence-electron chi connectivity index (χ1n) is 24.3. The average Bonchev–Trinajstić information content (AvgIpc) is 4.04. The number of aryl methyl sites for hydroxylation is 1. The number of aliphatic hydroxyl groups excluding tert-OH is 1. The highest BCUT2D eigenvalue weighted by atomic mass is 16.4. The number of aliphatic hydroxyl groups is 1. The Hall–Kier alpha value is -8.08. The third-order valence-electron chi connectivity index (χ3n) is 11.6. The van der Waals surface area contributed by atoms with Crippen LogP contribution >= 0.6 is 0 Å². The van der Waals surface area contributed by atoms with Crippen LogP contribution < -0.4 is 49.1 Å². The molecule has 23 nitrogen and oxygen atoms in total. The standard InChI is InChI=1S/C50H69N13O10/c51-42(65)30-57-45(69)40(26-33-28-56-36-17-11-10-16-35(33)36)62-46(70)37(18-13-24-55-50(52)53)60-48(72)39(21-20-32-14-7-6-8-15-32)61-49(73)41(27-34-29-54-31-58-34)63-47(71)38(22-23-44(67)68)59-43(66)19-9-4-2-1-3-5-12-25-64/h6-11,14-17,19,28-29,31,37-41,56,64H,1-5,12-13,18,20-27,30H2,(H2,51,65)(H,54,58)(H,57,69)(H,59,66)(H,60,72)(H,61,73)(H,62,70)(H,63,71)(H,67,68)(H4,52,53,55)/b19-9+/t37-,38-,39+,40-,41-/m0/s1. The summed E-state index contributed by atoms with van der Waals surface area (Å²) >= 11 is 0. The van der Waals surface area contributed by atoms with E-state index < -0.39 is 90.5 Å². The molecule has 23 heteroatoms. The molecule has 0 saturated heterocycles. The molecule has 4 aromatic rings. The van der Waals surface area contributed by atoms with Gasteiger partial charge >= 0.3 is 5.97 Å². The van der Waals surface area contributed by atoms with E-state index in [2.05, 4.69) is 51.8 Å². The molecule has 2 aromatic carbocycles. The second-order valence-electron chi connectivity index (χ2n) is 17.4. The fourth-order valence-corrected chi connectivity index (χ4v) is 7.79. The lowest BCUT2D eigenvalue weighted by atomic mass is 10.0. The van der Waals surface area contributed by atoms with E-state index in [-0.39, 0.29) is 64.1 Å². The van der Waals surface area contributed by atoms with Crippen LogP contribution in [0.15, 0.2) is 90.5 Å². The molecule has 394 valence electrons. The summed E-state index contributed by atoms with van der Waals surface area (Å²) in [4.78, 5) is 121. The number of nitrogens with zero attached hydrogens (tertiary/aromatic N) is 2. The van der Waals surface area contributed by atoms with Crippen molar-refractivity contribution in [2.24, 2.45) is 22.2 Å². The molecule has 7 amide bonds. The number of unbranched alkanes of at least 4 members (excludes halogenated alkanes) is 5. The van der Waals surface area contributed by atoms with Gasteiger partial charge in [-0.2, -0.15) is 0 Å². The number of guanidine groups is 1. The number of carbonyl (C=O) groups excluding carboxylic acids is 7. The number of hydrogen-bond donors (Lipinski definition) is 13. The molecule has 5 atom stereocenters. The molecule has 4 rings (SSSR count). The van der Waals surface area contributed by atoms with E-state index in [0.717, 1.165) is 48.6 Å². The van der Waals surface area contributed by atoms with Gasteiger partial charge in [-0.05, 0) is 74.6 Å². The summed E-state index contributed by atoms with van der Waals surface area (Å²) in [5.74, 6) is -6.88. The maximum absolute atomic E-state index is 14.6. The number of nitrogens with two attached hydrogens (primary N) is 3. The topological polar surface area (TPSA) is 384 Å². The predicted molar refractivity (Wildman–Crippen MR) is 272 cm³/mol. The van der Waals surface area contributed by atoms with E-state index >= 15 is 0 Å².